The second-order valence-corrected chi connectivity index (χ2v) is 7.51. The lowest BCUT2D eigenvalue weighted by Crippen LogP contribution is -2.10. The van der Waals surface area contributed by atoms with Crippen LogP contribution in [0.5, 0.6) is 0 Å². The molecule has 0 fully saturated rings. The molecule has 0 aliphatic carbocycles. The van der Waals surface area contributed by atoms with E-state index in [4.69, 9.17) is 4.98 Å². The quantitative estimate of drug-likeness (QED) is 0.353. The Balaban J connectivity index is 1.86. The summed E-state index contributed by atoms with van der Waals surface area (Å²) in [6, 6.07) is 30.2. The number of fused-ring (bicyclic) bond motifs is 3. The highest BCUT2D eigenvalue weighted by molar-refractivity contribution is 6.18. The Morgan fingerprint density at radius 3 is 2.18 bits per heavy atom. The van der Waals surface area contributed by atoms with Gasteiger partial charge in [-0.1, -0.05) is 78.9 Å². The maximum absolute atomic E-state index is 5.25. The van der Waals surface area contributed by atoms with Crippen LogP contribution in [0.25, 0.3) is 44.2 Å². The summed E-state index contributed by atoms with van der Waals surface area (Å²) in [5, 5.41) is 2.68. The maximum Gasteiger partial charge on any atom is 0.0791 e. The molecular weight excluding hydrogens is 340 g/mol. The summed E-state index contributed by atoms with van der Waals surface area (Å²) in [5.74, 6) is 0. The van der Waals surface area contributed by atoms with Crippen molar-refractivity contribution >= 4 is 21.8 Å². The first-order valence-corrected chi connectivity index (χ1v) is 9.96. The summed E-state index contributed by atoms with van der Waals surface area (Å²) in [7, 11) is 0. The summed E-state index contributed by atoms with van der Waals surface area (Å²) >= 11 is 0. The van der Waals surface area contributed by atoms with Gasteiger partial charge in [-0.25, -0.2) is 4.98 Å². The molecule has 0 N–H and O–H groups in total. The molecule has 5 aromatic rings. The van der Waals surface area contributed by atoms with Crippen LogP contribution in [-0.2, 0) is 13.0 Å². The minimum atomic E-state index is 1.04. The van der Waals surface area contributed by atoms with Gasteiger partial charge in [0.15, 0.2) is 0 Å². The fraction of sp³-hybridized carbons (Fsp3) is 0.115. The predicted octanol–water partition coefficient (Wildman–Crippen LogP) is 6.47. The second-order valence-electron chi connectivity index (χ2n) is 7.51. The monoisotopic (exact) mass is 360 g/mol. The van der Waals surface area contributed by atoms with Gasteiger partial charge < -0.3 is 4.57 Å². The van der Waals surface area contributed by atoms with Gasteiger partial charge >= 0.3 is 0 Å². The van der Waals surface area contributed by atoms with Crippen molar-refractivity contribution in [3.05, 3.63) is 90.6 Å². The lowest BCUT2D eigenvalue weighted by atomic mass is 9.93. The van der Waals surface area contributed by atoms with Gasteiger partial charge in [-0.2, -0.15) is 0 Å². The third-order valence-corrected chi connectivity index (χ3v) is 5.88. The molecule has 2 nitrogen and oxygen atoms in total. The van der Waals surface area contributed by atoms with E-state index in [1.807, 2.05) is 0 Å². The number of benzene rings is 3. The van der Waals surface area contributed by atoms with Crippen LogP contribution in [0, 0.1) is 0 Å². The molecule has 2 heteroatoms. The fourth-order valence-electron chi connectivity index (χ4n) is 4.72. The average molecular weight is 360 g/mol. The number of hydrogen-bond acceptors (Lipinski definition) is 1. The van der Waals surface area contributed by atoms with Crippen LogP contribution >= 0.6 is 0 Å². The van der Waals surface area contributed by atoms with Crippen LogP contribution in [0.1, 0.15) is 12.1 Å². The number of hydrogen-bond donors (Lipinski definition) is 0. The van der Waals surface area contributed by atoms with Crippen molar-refractivity contribution in [3.63, 3.8) is 0 Å². The van der Waals surface area contributed by atoms with Crippen molar-refractivity contribution in [2.24, 2.45) is 0 Å². The van der Waals surface area contributed by atoms with E-state index in [2.05, 4.69) is 89.5 Å². The molecule has 3 aromatic carbocycles. The SMILES string of the molecule is c1ccc(-c2nc3c4c(c2-c2ccccc2)c2ccccc2n4CCC3)cc1. The molecule has 1 aliphatic heterocycles. The number of rotatable bonds is 2. The third kappa shape index (κ3) is 2.18. The number of para-hydroxylation sites is 1. The van der Waals surface area contributed by atoms with E-state index in [1.165, 1.54) is 44.2 Å². The minimum absolute atomic E-state index is 1.04. The number of pyridine rings is 1. The summed E-state index contributed by atoms with van der Waals surface area (Å²) in [4.78, 5) is 5.25. The number of aromatic nitrogens is 2. The fourth-order valence-corrected chi connectivity index (χ4v) is 4.72. The first-order valence-electron chi connectivity index (χ1n) is 9.96. The molecule has 28 heavy (non-hydrogen) atoms. The molecule has 3 heterocycles. The van der Waals surface area contributed by atoms with Crippen LogP contribution in [0.4, 0.5) is 0 Å². The minimum Gasteiger partial charge on any atom is -0.339 e. The smallest absolute Gasteiger partial charge is 0.0791 e. The largest absolute Gasteiger partial charge is 0.339 e. The molecule has 134 valence electrons. The van der Waals surface area contributed by atoms with Gasteiger partial charge in [-0.3, -0.25) is 0 Å². The van der Waals surface area contributed by atoms with E-state index in [9.17, 15) is 0 Å². The number of nitrogens with zero attached hydrogens (tertiary/aromatic N) is 2. The van der Waals surface area contributed by atoms with Crippen molar-refractivity contribution < 1.29 is 0 Å². The van der Waals surface area contributed by atoms with Crippen molar-refractivity contribution in [1.29, 1.82) is 0 Å². The van der Waals surface area contributed by atoms with Crippen molar-refractivity contribution in [2.75, 3.05) is 0 Å². The van der Waals surface area contributed by atoms with E-state index in [0.717, 1.165) is 25.1 Å². The Labute approximate surface area is 164 Å². The molecule has 0 unspecified atom stereocenters. The van der Waals surface area contributed by atoms with Gasteiger partial charge in [0.2, 0.25) is 0 Å². The Kier molecular flexibility index (Phi) is 3.39. The Hall–Kier alpha value is -3.39. The lowest BCUT2D eigenvalue weighted by molar-refractivity contribution is 0.641. The van der Waals surface area contributed by atoms with E-state index in [1.54, 1.807) is 0 Å². The average Bonchev–Trinajstić information content (AvgIpc) is 3.11. The molecule has 0 amide bonds. The molecule has 0 spiro atoms. The molecule has 6 rings (SSSR count). The summed E-state index contributed by atoms with van der Waals surface area (Å²) in [5.41, 5.74) is 8.64. The van der Waals surface area contributed by atoms with Gasteiger partial charge in [-0.05, 0) is 24.5 Å². The van der Waals surface area contributed by atoms with Gasteiger partial charge in [-0.15, -0.1) is 0 Å². The zero-order valence-corrected chi connectivity index (χ0v) is 15.6. The Morgan fingerprint density at radius 2 is 1.39 bits per heavy atom. The normalized spacial score (nSPS) is 13.3. The molecule has 0 saturated heterocycles. The molecule has 1 aliphatic rings. The molecule has 0 saturated carbocycles. The van der Waals surface area contributed by atoms with Gasteiger partial charge in [0.25, 0.3) is 0 Å². The predicted molar refractivity (Wildman–Crippen MR) is 116 cm³/mol. The highest BCUT2D eigenvalue weighted by atomic mass is 15.0. The van der Waals surface area contributed by atoms with Crippen LogP contribution in [0.2, 0.25) is 0 Å². The zero-order chi connectivity index (χ0) is 18.5. The van der Waals surface area contributed by atoms with E-state index < -0.39 is 0 Å². The Bertz CT molecular complexity index is 1310. The second kappa shape index (κ2) is 6.07. The topological polar surface area (TPSA) is 17.8 Å². The highest BCUT2D eigenvalue weighted by Crippen LogP contribution is 2.44. The molecule has 0 bridgehead atoms. The lowest BCUT2D eigenvalue weighted by Gasteiger charge is -2.19. The molecule has 0 radical (unpaired) electrons. The van der Waals surface area contributed by atoms with Crippen molar-refractivity contribution in [3.8, 4) is 22.4 Å². The standard InChI is InChI=1S/C26H20N2/c1-3-10-18(11-4-1)23-24-20-14-7-8-16-22(20)28-17-9-15-21(26(24)28)27-25(23)19-12-5-2-6-13-19/h1-8,10-14,16H,9,15,17H2. The van der Waals surface area contributed by atoms with Gasteiger partial charge in [0.1, 0.15) is 0 Å². The van der Waals surface area contributed by atoms with E-state index >= 15 is 0 Å². The zero-order valence-electron chi connectivity index (χ0n) is 15.6. The first-order chi connectivity index (χ1) is 13.9. The number of aryl methyl sites for hydroxylation is 2. The third-order valence-electron chi connectivity index (χ3n) is 5.88. The summed E-state index contributed by atoms with van der Waals surface area (Å²) in [6.07, 6.45) is 2.19. The first kappa shape index (κ1) is 15.6. The van der Waals surface area contributed by atoms with Crippen LogP contribution in [0.3, 0.4) is 0 Å². The maximum atomic E-state index is 5.25. The highest BCUT2D eigenvalue weighted by Gasteiger charge is 2.25. The van der Waals surface area contributed by atoms with Crippen LogP contribution < -0.4 is 0 Å². The van der Waals surface area contributed by atoms with Crippen molar-refractivity contribution in [1.82, 2.24) is 9.55 Å². The van der Waals surface area contributed by atoms with E-state index in [0.29, 0.717) is 0 Å². The van der Waals surface area contributed by atoms with Crippen LogP contribution in [0.15, 0.2) is 84.9 Å². The van der Waals surface area contributed by atoms with Crippen molar-refractivity contribution in [2.45, 2.75) is 19.4 Å². The van der Waals surface area contributed by atoms with E-state index in [-0.39, 0.29) is 0 Å². The summed E-state index contributed by atoms with van der Waals surface area (Å²) < 4.78 is 2.48. The van der Waals surface area contributed by atoms with Gasteiger partial charge in [0, 0.05) is 34.0 Å². The summed E-state index contributed by atoms with van der Waals surface area (Å²) in [6.45, 7) is 1.07. The Morgan fingerprint density at radius 1 is 0.714 bits per heavy atom. The molecular formula is C26H20N2. The molecule has 2 aromatic heterocycles. The van der Waals surface area contributed by atoms with Crippen LogP contribution in [-0.4, -0.2) is 9.55 Å². The van der Waals surface area contributed by atoms with Gasteiger partial charge in [0.05, 0.1) is 16.9 Å². The molecule has 0 atom stereocenters.